The molecule has 0 amide bonds. The molecule has 25 heavy (non-hydrogen) atoms. The number of fused-ring (bicyclic) bond motifs is 1. The highest BCUT2D eigenvalue weighted by Crippen LogP contribution is 2.31. The quantitative estimate of drug-likeness (QED) is 0.404. The summed E-state index contributed by atoms with van der Waals surface area (Å²) in [7, 11) is 1.44. The lowest BCUT2D eigenvalue weighted by Crippen LogP contribution is -2.18. The molecule has 0 aliphatic rings. The summed E-state index contributed by atoms with van der Waals surface area (Å²) in [6.07, 6.45) is 0.533. The Labute approximate surface area is 142 Å². The number of aromatic nitrogens is 2. The molecule has 1 heterocycles. The molecule has 8 nitrogen and oxygen atoms in total. The highest BCUT2D eigenvalue weighted by atomic mass is 16.6. The van der Waals surface area contributed by atoms with Gasteiger partial charge in [-0.25, -0.2) is 4.79 Å². The van der Waals surface area contributed by atoms with Crippen molar-refractivity contribution in [2.24, 2.45) is 0 Å². The second-order valence-electron chi connectivity index (χ2n) is 5.39. The van der Waals surface area contributed by atoms with E-state index in [1.807, 2.05) is 24.3 Å². The number of nitrogens with one attached hydrogen (secondary N) is 1. The number of nitrogens with zero attached hydrogens (tertiary/aromatic N) is 2. The third kappa shape index (κ3) is 3.47. The molecule has 0 aliphatic heterocycles. The molecule has 1 aromatic heterocycles. The van der Waals surface area contributed by atoms with E-state index in [4.69, 9.17) is 9.47 Å². The minimum Gasteiger partial charge on any atom is -0.496 e. The number of para-hydroxylation sites is 2. The number of methoxy groups -OCH3 is 1. The van der Waals surface area contributed by atoms with Gasteiger partial charge in [0.2, 0.25) is 0 Å². The van der Waals surface area contributed by atoms with Crippen molar-refractivity contribution in [1.29, 1.82) is 0 Å². The lowest BCUT2D eigenvalue weighted by molar-refractivity contribution is -0.385. The smallest absolute Gasteiger partial charge is 0.326 e. The number of hydrogen-bond donors (Lipinski definition) is 1. The molecule has 0 bridgehead atoms. The Balaban J connectivity index is 1.66. The average Bonchev–Trinajstić information content (AvgIpc) is 2.94. The molecule has 3 aromatic rings. The molecule has 0 radical (unpaired) electrons. The van der Waals surface area contributed by atoms with Gasteiger partial charge in [0.1, 0.15) is 5.75 Å². The summed E-state index contributed by atoms with van der Waals surface area (Å²) in [5.41, 5.74) is 1.27. The third-order valence-electron chi connectivity index (χ3n) is 3.83. The van der Waals surface area contributed by atoms with E-state index in [0.717, 1.165) is 11.0 Å². The van der Waals surface area contributed by atoms with Crippen LogP contribution in [-0.2, 0) is 6.54 Å². The molecule has 0 unspecified atom stereocenters. The molecule has 8 heteroatoms. The van der Waals surface area contributed by atoms with Gasteiger partial charge in [0.15, 0.2) is 5.75 Å². The van der Waals surface area contributed by atoms with Crippen LogP contribution >= 0.6 is 0 Å². The number of benzene rings is 2. The number of aromatic amines is 1. The van der Waals surface area contributed by atoms with Gasteiger partial charge in [0, 0.05) is 6.54 Å². The Kier molecular flexibility index (Phi) is 4.69. The first-order valence-electron chi connectivity index (χ1n) is 7.73. The molecule has 0 aliphatic carbocycles. The summed E-state index contributed by atoms with van der Waals surface area (Å²) in [4.78, 5) is 25.4. The van der Waals surface area contributed by atoms with Crippen LogP contribution in [0.15, 0.2) is 47.3 Å². The van der Waals surface area contributed by atoms with E-state index in [2.05, 4.69) is 4.98 Å². The van der Waals surface area contributed by atoms with Gasteiger partial charge in [-0.1, -0.05) is 12.1 Å². The van der Waals surface area contributed by atoms with Crippen LogP contribution < -0.4 is 15.2 Å². The first-order valence-corrected chi connectivity index (χ1v) is 7.73. The predicted octanol–water partition coefficient (Wildman–Crippen LogP) is 2.72. The van der Waals surface area contributed by atoms with Gasteiger partial charge in [-0.05, 0) is 30.7 Å². The number of H-pyrrole nitrogens is 1. The standard InChI is InChI=1S/C17H17N3O5/c1-24-12-7-8-16(15(11-12)20(22)23)25-10-4-9-19-14-6-3-2-5-13(14)18-17(19)21/h2-3,5-8,11H,4,9-10H2,1H3,(H,18,21). The van der Waals surface area contributed by atoms with Crippen LogP contribution in [0.2, 0.25) is 0 Å². The summed E-state index contributed by atoms with van der Waals surface area (Å²) in [6.45, 7) is 0.700. The Bertz CT molecular complexity index is 960. The molecule has 2 aromatic carbocycles. The van der Waals surface area contributed by atoms with Crippen LogP contribution in [0.3, 0.4) is 0 Å². The summed E-state index contributed by atoms with van der Waals surface area (Å²) in [6, 6.07) is 11.9. The van der Waals surface area contributed by atoms with Gasteiger partial charge in [-0.15, -0.1) is 0 Å². The Hall–Kier alpha value is -3.29. The number of nitro groups is 1. The van der Waals surface area contributed by atoms with Crippen LogP contribution in [0, 0.1) is 10.1 Å². The fourth-order valence-electron chi connectivity index (χ4n) is 2.62. The number of ether oxygens (including phenoxy) is 2. The fourth-order valence-corrected chi connectivity index (χ4v) is 2.62. The normalized spacial score (nSPS) is 10.8. The lowest BCUT2D eigenvalue weighted by atomic mass is 10.3. The van der Waals surface area contributed by atoms with Gasteiger partial charge >= 0.3 is 11.4 Å². The van der Waals surface area contributed by atoms with E-state index in [9.17, 15) is 14.9 Å². The van der Waals surface area contributed by atoms with E-state index in [0.29, 0.717) is 18.7 Å². The topological polar surface area (TPSA) is 99.4 Å². The molecule has 0 fully saturated rings. The Morgan fingerprint density at radius 1 is 1.24 bits per heavy atom. The van der Waals surface area contributed by atoms with E-state index in [1.165, 1.54) is 19.2 Å². The zero-order valence-corrected chi connectivity index (χ0v) is 13.6. The van der Waals surface area contributed by atoms with Crippen molar-refractivity contribution >= 4 is 16.7 Å². The van der Waals surface area contributed by atoms with Crippen molar-refractivity contribution in [3.63, 3.8) is 0 Å². The molecule has 130 valence electrons. The van der Waals surface area contributed by atoms with E-state index in [-0.39, 0.29) is 23.7 Å². The molecule has 0 saturated heterocycles. The van der Waals surface area contributed by atoms with Gasteiger partial charge < -0.3 is 14.5 Å². The maximum atomic E-state index is 12.0. The Morgan fingerprint density at radius 3 is 2.80 bits per heavy atom. The van der Waals surface area contributed by atoms with Crippen molar-refractivity contribution in [1.82, 2.24) is 9.55 Å². The van der Waals surface area contributed by atoms with Gasteiger partial charge in [0.05, 0.1) is 35.7 Å². The fraction of sp³-hybridized carbons (Fsp3) is 0.235. The predicted molar refractivity (Wildman–Crippen MR) is 92.3 cm³/mol. The number of aryl methyl sites for hydroxylation is 1. The average molecular weight is 343 g/mol. The van der Waals surface area contributed by atoms with Crippen LogP contribution in [0.4, 0.5) is 5.69 Å². The molecule has 0 saturated carbocycles. The third-order valence-corrected chi connectivity index (χ3v) is 3.83. The molecular formula is C17H17N3O5. The highest BCUT2D eigenvalue weighted by molar-refractivity contribution is 5.74. The van der Waals surface area contributed by atoms with Crippen molar-refractivity contribution in [3.05, 3.63) is 63.1 Å². The number of imidazole rings is 1. The van der Waals surface area contributed by atoms with Crippen LogP contribution in [0.1, 0.15) is 6.42 Å². The van der Waals surface area contributed by atoms with E-state index in [1.54, 1.807) is 10.6 Å². The van der Waals surface area contributed by atoms with Gasteiger partial charge in [-0.2, -0.15) is 0 Å². The molecule has 0 atom stereocenters. The van der Waals surface area contributed by atoms with E-state index < -0.39 is 4.92 Å². The van der Waals surface area contributed by atoms with E-state index >= 15 is 0 Å². The minimum atomic E-state index is -0.512. The number of rotatable bonds is 7. The molecule has 1 N–H and O–H groups in total. The van der Waals surface area contributed by atoms with Crippen LogP contribution in [-0.4, -0.2) is 28.2 Å². The van der Waals surface area contributed by atoms with Crippen LogP contribution in [0.25, 0.3) is 11.0 Å². The van der Waals surface area contributed by atoms with Crippen molar-refractivity contribution in [3.8, 4) is 11.5 Å². The maximum Gasteiger partial charge on any atom is 0.326 e. The summed E-state index contributed by atoms with van der Waals surface area (Å²) >= 11 is 0. The zero-order valence-electron chi connectivity index (χ0n) is 13.6. The van der Waals surface area contributed by atoms with Gasteiger partial charge in [-0.3, -0.25) is 14.7 Å². The summed E-state index contributed by atoms with van der Waals surface area (Å²) in [5, 5.41) is 11.1. The molecule has 0 spiro atoms. The second-order valence-corrected chi connectivity index (χ2v) is 5.39. The summed E-state index contributed by atoms with van der Waals surface area (Å²) in [5.74, 6) is 0.571. The zero-order chi connectivity index (χ0) is 17.8. The monoisotopic (exact) mass is 343 g/mol. The molecule has 3 rings (SSSR count). The lowest BCUT2D eigenvalue weighted by Gasteiger charge is -2.08. The highest BCUT2D eigenvalue weighted by Gasteiger charge is 2.16. The maximum absolute atomic E-state index is 12.0. The van der Waals surface area contributed by atoms with Crippen molar-refractivity contribution in [2.45, 2.75) is 13.0 Å². The van der Waals surface area contributed by atoms with Crippen LogP contribution in [0.5, 0.6) is 11.5 Å². The van der Waals surface area contributed by atoms with Crippen molar-refractivity contribution < 1.29 is 14.4 Å². The molecular weight excluding hydrogens is 326 g/mol. The first-order chi connectivity index (χ1) is 12.1. The SMILES string of the molecule is COc1ccc(OCCCn2c(=O)[nH]c3ccccc32)c([N+](=O)[O-])c1. The first kappa shape index (κ1) is 16.6. The Morgan fingerprint density at radius 2 is 2.04 bits per heavy atom. The minimum absolute atomic E-state index is 0.149. The second kappa shape index (κ2) is 7.08. The van der Waals surface area contributed by atoms with Gasteiger partial charge in [0.25, 0.3) is 0 Å². The summed E-state index contributed by atoms with van der Waals surface area (Å²) < 4.78 is 12.1. The number of hydrogen-bond acceptors (Lipinski definition) is 5. The van der Waals surface area contributed by atoms with Crippen molar-refractivity contribution in [2.75, 3.05) is 13.7 Å². The number of nitro benzene ring substituents is 1. The largest absolute Gasteiger partial charge is 0.496 e.